The molecule has 1 saturated heterocycles. The van der Waals surface area contributed by atoms with E-state index in [0.717, 1.165) is 19.3 Å². The third kappa shape index (κ3) is 5.33. The molecular weight excluding hydrogens is 240 g/mol. The highest BCUT2D eigenvalue weighted by atomic mass is 32.2. The monoisotopic (exact) mass is 264 g/mol. The Hall–Kier alpha value is -0.170. The average Bonchev–Trinajstić information content (AvgIpc) is 2.35. The summed E-state index contributed by atoms with van der Waals surface area (Å²) in [4.78, 5) is 0. The van der Waals surface area contributed by atoms with Crippen molar-refractivity contribution in [3.63, 3.8) is 0 Å². The molecule has 1 aliphatic heterocycles. The van der Waals surface area contributed by atoms with Gasteiger partial charge in [0.2, 0.25) is 10.0 Å². The van der Waals surface area contributed by atoms with E-state index in [1.54, 1.807) is 4.31 Å². The lowest BCUT2D eigenvalue weighted by molar-refractivity contribution is 0.252. The van der Waals surface area contributed by atoms with E-state index in [0.29, 0.717) is 26.1 Å². The predicted molar refractivity (Wildman–Crippen MR) is 68.4 cm³/mol. The van der Waals surface area contributed by atoms with Gasteiger partial charge in [0.1, 0.15) is 0 Å². The van der Waals surface area contributed by atoms with Crippen LogP contribution in [0.5, 0.6) is 0 Å². The topological polar surface area (TPSA) is 69.6 Å². The third-order valence-electron chi connectivity index (χ3n) is 3.05. The maximum absolute atomic E-state index is 11.9. The molecule has 102 valence electrons. The molecule has 0 aromatic heterocycles. The van der Waals surface area contributed by atoms with E-state index < -0.39 is 10.0 Å². The average molecular weight is 264 g/mol. The van der Waals surface area contributed by atoms with Crippen LogP contribution in [0.2, 0.25) is 0 Å². The number of hydrogen-bond donors (Lipinski definition) is 2. The predicted octanol–water partition coefficient (Wildman–Crippen LogP) is 0.163. The van der Waals surface area contributed by atoms with E-state index in [2.05, 4.69) is 5.32 Å². The molecule has 0 amide bonds. The Labute approximate surface area is 104 Å². The molecule has 1 fully saturated rings. The molecule has 1 heterocycles. The first kappa shape index (κ1) is 14.9. The van der Waals surface area contributed by atoms with E-state index in [-0.39, 0.29) is 18.4 Å². The minimum Gasteiger partial charge on any atom is -0.395 e. The van der Waals surface area contributed by atoms with Gasteiger partial charge in [0, 0.05) is 19.1 Å². The van der Waals surface area contributed by atoms with Crippen molar-refractivity contribution in [1.82, 2.24) is 9.62 Å². The van der Waals surface area contributed by atoms with Crippen molar-refractivity contribution in [2.75, 3.05) is 32.0 Å². The minimum absolute atomic E-state index is 0.0349. The molecule has 0 aromatic rings. The van der Waals surface area contributed by atoms with E-state index in [4.69, 9.17) is 5.11 Å². The summed E-state index contributed by atoms with van der Waals surface area (Å²) in [5.74, 6) is 0.206. The summed E-state index contributed by atoms with van der Waals surface area (Å²) in [6.07, 6.45) is 3.71. The molecule has 2 N–H and O–H groups in total. The van der Waals surface area contributed by atoms with E-state index in [1.165, 1.54) is 0 Å². The summed E-state index contributed by atoms with van der Waals surface area (Å²) < 4.78 is 25.5. The molecule has 0 bridgehead atoms. The first-order valence-corrected chi connectivity index (χ1v) is 7.99. The second-order valence-corrected chi connectivity index (χ2v) is 6.76. The zero-order valence-electron chi connectivity index (χ0n) is 10.6. The van der Waals surface area contributed by atoms with Crippen molar-refractivity contribution in [2.45, 2.75) is 38.6 Å². The number of piperidine rings is 1. The third-order valence-corrected chi connectivity index (χ3v) is 5.01. The van der Waals surface area contributed by atoms with Crippen molar-refractivity contribution in [3.8, 4) is 0 Å². The molecule has 0 aromatic carbocycles. The van der Waals surface area contributed by atoms with Gasteiger partial charge in [-0.1, -0.05) is 6.42 Å². The fraction of sp³-hybridized carbons (Fsp3) is 1.00. The number of rotatable bonds is 7. The number of nitrogens with one attached hydrogen (secondary N) is 1. The van der Waals surface area contributed by atoms with Crippen LogP contribution in [-0.4, -0.2) is 55.9 Å². The van der Waals surface area contributed by atoms with Crippen LogP contribution in [0, 0.1) is 0 Å². The van der Waals surface area contributed by atoms with Crippen molar-refractivity contribution >= 4 is 10.0 Å². The summed E-state index contributed by atoms with van der Waals surface area (Å²) in [6, 6.07) is 0.0349. The second-order valence-electron chi connectivity index (χ2n) is 4.67. The van der Waals surface area contributed by atoms with Crippen LogP contribution >= 0.6 is 0 Å². The molecule has 5 nitrogen and oxygen atoms in total. The number of aliphatic hydroxyl groups excluding tert-OH is 1. The first-order chi connectivity index (χ1) is 8.06. The van der Waals surface area contributed by atoms with Gasteiger partial charge in [-0.15, -0.1) is 0 Å². The lowest BCUT2D eigenvalue weighted by Crippen LogP contribution is -2.38. The van der Waals surface area contributed by atoms with E-state index in [9.17, 15) is 8.42 Å². The van der Waals surface area contributed by atoms with Gasteiger partial charge in [-0.25, -0.2) is 12.7 Å². The Bertz CT molecular complexity index is 300. The van der Waals surface area contributed by atoms with Crippen molar-refractivity contribution < 1.29 is 13.5 Å². The van der Waals surface area contributed by atoms with Gasteiger partial charge < -0.3 is 10.4 Å². The SMILES string of the molecule is CC(CO)NCCCS(=O)(=O)N1CCCCC1. The van der Waals surface area contributed by atoms with Gasteiger partial charge in [0.05, 0.1) is 12.4 Å². The van der Waals surface area contributed by atoms with E-state index >= 15 is 0 Å². The molecule has 1 unspecified atom stereocenters. The number of aliphatic hydroxyl groups is 1. The first-order valence-electron chi connectivity index (χ1n) is 6.38. The smallest absolute Gasteiger partial charge is 0.214 e. The van der Waals surface area contributed by atoms with Crippen LogP contribution in [0.15, 0.2) is 0 Å². The zero-order valence-corrected chi connectivity index (χ0v) is 11.4. The van der Waals surface area contributed by atoms with Crippen molar-refractivity contribution in [1.29, 1.82) is 0 Å². The molecule has 0 spiro atoms. The van der Waals surface area contributed by atoms with Crippen molar-refractivity contribution in [3.05, 3.63) is 0 Å². The summed E-state index contributed by atoms with van der Waals surface area (Å²) in [5, 5.41) is 11.9. The van der Waals surface area contributed by atoms with Crippen LogP contribution in [0.4, 0.5) is 0 Å². The summed E-state index contributed by atoms with van der Waals surface area (Å²) in [6.45, 7) is 3.96. The number of sulfonamides is 1. The molecule has 17 heavy (non-hydrogen) atoms. The Morgan fingerprint density at radius 2 is 1.94 bits per heavy atom. The number of nitrogens with zero attached hydrogens (tertiary/aromatic N) is 1. The van der Waals surface area contributed by atoms with Crippen LogP contribution in [0.25, 0.3) is 0 Å². The fourth-order valence-electron chi connectivity index (χ4n) is 1.94. The van der Waals surface area contributed by atoms with Gasteiger partial charge in [0.15, 0.2) is 0 Å². The summed E-state index contributed by atoms with van der Waals surface area (Å²) in [5.41, 5.74) is 0. The highest BCUT2D eigenvalue weighted by molar-refractivity contribution is 7.89. The molecule has 6 heteroatoms. The normalized spacial score (nSPS) is 20.4. The van der Waals surface area contributed by atoms with Crippen molar-refractivity contribution in [2.24, 2.45) is 0 Å². The van der Waals surface area contributed by atoms with Gasteiger partial charge in [-0.2, -0.15) is 0 Å². The Balaban J connectivity index is 2.24. The molecule has 1 atom stereocenters. The van der Waals surface area contributed by atoms with Crippen LogP contribution in [0.1, 0.15) is 32.6 Å². The van der Waals surface area contributed by atoms with Gasteiger partial charge in [0.25, 0.3) is 0 Å². The molecule has 1 aliphatic rings. The maximum atomic E-state index is 11.9. The second kappa shape index (κ2) is 7.31. The van der Waals surface area contributed by atoms with Crippen LogP contribution in [0.3, 0.4) is 0 Å². The van der Waals surface area contributed by atoms with Gasteiger partial charge in [-0.3, -0.25) is 0 Å². The van der Waals surface area contributed by atoms with Gasteiger partial charge in [-0.05, 0) is 32.7 Å². The molecule has 0 radical (unpaired) electrons. The zero-order chi connectivity index (χ0) is 12.7. The Morgan fingerprint density at radius 3 is 2.53 bits per heavy atom. The molecule has 0 aliphatic carbocycles. The molecule has 0 saturated carbocycles. The van der Waals surface area contributed by atoms with E-state index in [1.807, 2.05) is 6.92 Å². The molecular formula is C11H24N2O3S. The highest BCUT2D eigenvalue weighted by Crippen LogP contribution is 2.13. The summed E-state index contributed by atoms with van der Waals surface area (Å²) in [7, 11) is -3.06. The number of hydrogen-bond acceptors (Lipinski definition) is 4. The molecule has 1 rings (SSSR count). The Kier molecular flexibility index (Phi) is 6.40. The van der Waals surface area contributed by atoms with Gasteiger partial charge >= 0.3 is 0 Å². The standard InChI is InChI=1S/C11H24N2O3S/c1-11(10-14)12-6-5-9-17(15,16)13-7-3-2-4-8-13/h11-12,14H,2-10H2,1H3. The lowest BCUT2D eigenvalue weighted by atomic mass is 10.2. The quantitative estimate of drug-likeness (QED) is 0.643. The lowest BCUT2D eigenvalue weighted by Gasteiger charge is -2.25. The minimum atomic E-state index is -3.06. The fourth-order valence-corrected chi connectivity index (χ4v) is 3.52. The maximum Gasteiger partial charge on any atom is 0.214 e. The van der Waals surface area contributed by atoms with Crippen LogP contribution < -0.4 is 5.32 Å². The Morgan fingerprint density at radius 1 is 1.29 bits per heavy atom. The highest BCUT2D eigenvalue weighted by Gasteiger charge is 2.22. The summed E-state index contributed by atoms with van der Waals surface area (Å²) >= 11 is 0. The van der Waals surface area contributed by atoms with Crippen LogP contribution in [-0.2, 0) is 10.0 Å². The largest absolute Gasteiger partial charge is 0.395 e.